The van der Waals surface area contributed by atoms with E-state index in [9.17, 15) is 0 Å². The minimum atomic E-state index is 0.535. The average Bonchev–Trinajstić information content (AvgIpc) is 2.69. The van der Waals surface area contributed by atoms with Crippen molar-refractivity contribution >= 4 is 17.3 Å². The van der Waals surface area contributed by atoms with Gasteiger partial charge in [0.25, 0.3) is 0 Å². The summed E-state index contributed by atoms with van der Waals surface area (Å²) in [4.78, 5) is 13.9. The molecule has 0 spiro atoms. The zero-order chi connectivity index (χ0) is 18.6. The number of nitrogens with one attached hydrogen (secondary N) is 1. The van der Waals surface area contributed by atoms with Gasteiger partial charge >= 0.3 is 0 Å². The number of aryl methyl sites for hydroxylation is 1. The molecule has 0 aliphatic carbocycles. The minimum Gasteiger partial charge on any atom is -0.382 e. The van der Waals surface area contributed by atoms with E-state index in [4.69, 9.17) is 0 Å². The highest BCUT2D eigenvalue weighted by atomic mass is 15.2. The molecular formula is C22H31N5. The van der Waals surface area contributed by atoms with Gasteiger partial charge in [0, 0.05) is 44.0 Å². The first-order valence-electron chi connectivity index (χ1n) is 10.3. The van der Waals surface area contributed by atoms with Gasteiger partial charge < -0.3 is 15.1 Å². The molecule has 1 aromatic carbocycles. The average molecular weight is 366 g/mol. The Morgan fingerprint density at radius 3 is 2.48 bits per heavy atom. The summed E-state index contributed by atoms with van der Waals surface area (Å²) in [6.07, 6.45) is 6.59. The fourth-order valence-corrected chi connectivity index (χ4v) is 4.30. The number of aromatic nitrogens is 2. The largest absolute Gasteiger partial charge is 0.382 e. The van der Waals surface area contributed by atoms with Gasteiger partial charge in [0.1, 0.15) is 18.0 Å². The van der Waals surface area contributed by atoms with Crippen LogP contribution in [0.4, 0.5) is 17.3 Å². The summed E-state index contributed by atoms with van der Waals surface area (Å²) in [7, 11) is 0. The molecule has 2 saturated heterocycles. The second-order valence-electron chi connectivity index (χ2n) is 8.20. The van der Waals surface area contributed by atoms with Gasteiger partial charge in [0.05, 0.1) is 0 Å². The molecule has 1 N–H and O–H groups in total. The van der Waals surface area contributed by atoms with Crippen LogP contribution in [-0.4, -0.2) is 42.2 Å². The number of anilines is 3. The fraction of sp³-hybridized carbons (Fsp3) is 0.545. The molecule has 27 heavy (non-hydrogen) atoms. The molecule has 4 rings (SSSR count). The normalized spacial score (nSPS) is 21.3. The molecule has 0 bridgehead atoms. The molecule has 144 valence electrons. The van der Waals surface area contributed by atoms with Gasteiger partial charge in [-0.25, -0.2) is 9.97 Å². The number of hydrogen-bond acceptors (Lipinski definition) is 5. The second kappa shape index (κ2) is 8.15. The van der Waals surface area contributed by atoms with E-state index in [1.54, 1.807) is 6.33 Å². The maximum atomic E-state index is 4.57. The van der Waals surface area contributed by atoms with Crippen molar-refractivity contribution in [2.45, 2.75) is 45.6 Å². The van der Waals surface area contributed by atoms with Crippen molar-refractivity contribution in [1.82, 2.24) is 9.97 Å². The van der Waals surface area contributed by atoms with E-state index in [0.717, 1.165) is 56.6 Å². The molecule has 3 heterocycles. The van der Waals surface area contributed by atoms with Gasteiger partial charge in [0.2, 0.25) is 0 Å². The van der Waals surface area contributed by atoms with E-state index in [0.29, 0.717) is 6.04 Å². The maximum absolute atomic E-state index is 4.57. The lowest BCUT2D eigenvalue weighted by Gasteiger charge is -2.35. The Bertz CT molecular complexity index is 754. The number of benzene rings is 1. The van der Waals surface area contributed by atoms with Crippen molar-refractivity contribution in [2.75, 3.05) is 41.3 Å². The first-order chi connectivity index (χ1) is 13.2. The molecule has 2 aliphatic heterocycles. The van der Waals surface area contributed by atoms with Gasteiger partial charge in [-0.2, -0.15) is 0 Å². The molecule has 1 aromatic heterocycles. The summed E-state index contributed by atoms with van der Waals surface area (Å²) < 4.78 is 0. The number of piperidine rings is 2. The predicted molar refractivity (Wildman–Crippen MR) is 113 cm³/mol. The zero-order valence-corrected chi connectivity index (χ0v) is 16.6. The minimum absolute atomic E-state index is 0.535. The van der Waals surface area contributed by atoms with Crippen LogP contribution in [0.15, 0.2) is 36.7 Å². The van der Waals surface area contributed by atoms with Crippen LogP contribution < -0.4 is 15.1 Å². The van der Waals surface area contributed by atoms with Crippen molar-refractivity contribution < 1.29 is 0 Å². The third-order valence-corrected chi connectivity index (χ3v) is 5.83. The lowest BCUT2D eigenvalue weighted by atomic mass is 10.0. The molecule has 1 atom stereocenters. The molecule has 5 nitrogen and oxygen atoms in total. The van der Waals surface area contributed by atoms with Crippen LogP contribution in [-0.2, 0) is 0 Å². The van der Waals surface area contributed by atoms with Gasteiger partial charge in [-0.3, -0.25) is 0 Å². The molecule has 5 heteroatoms. The fourth-order valence-electron chi connectivity index (χ4n) is 4.30. The topological polar surface area (TPSA) is 44.3 Å². The quantitative estimate of drug-likeness (QED) is 0.884. The highest BCUT2D eigenvalue weighted by Crippen LogP contribution is 2.26. The van der Waals surface area contributed by atoms with Crippen LogP contribution in [0.5, 0.6) is 0 Å². The SMILES string of the molecule is Cc1cccc(NC2CCN(c3cc(N4CCCC(C)C4)ncn3)CC2)c1. The van der Waals surface area contributed by atoms with Crippen molar-refractivity contribution in [3.05, 3.63) is 42.2 Å². The number of hydrogen-bond donors (Lipinski definition) is 1. The molecule has 2 fully saturated rings. The van der Waals surface area contributed by atoms with Crippen LogP contribution in [0.1, 0.15) is 38.2 Å². The first-order valence-corrected chi connectivity index (χ1v) is 10.3. The van der Waals surface area contributed by atoms with Crippen LogP contribution in [0.3, 0.4) is 0 Å². The van der Waals surface area contributed by atoms with E-state index in [1.165, 1.54) is 24.1 Å². The Balaban J connectivity index is 1.36. The van der Waals surface area contributed by atoms with Crippen molar-refractivity contribution in [2.24, 2.45) is 5.92 Å². The third-order valence-electron chi connectivity index (χ3n) is 5.83. The molecular weight excluding hydrogens is 334 g/mol. The van der Waals surface area contributed by atoms with Crippen LogP contribution in [0.25, 0.3) is 0 Å². The van der Waals surface area contributed by atoms with E-state index < -0.39 is 0 Å². The third kappa shape index (κ3) is 4.52. The summed E-state index contributed by atoms with van der Waals surface area (Å²) in [5, 5.41) is 3.69. The van der Waals surface area contributed by atoms with Gasteiger partial charge in [-0.15, -0.1) is 0 Å². The van der Waals surface area contributed by atoms with Crippen molar-refractivity contribution in [3.8, 4) is 0 Å². The highest BCUT2D eigenvalue weighted by Gasteiger charge is 2.22. The Kier molecular flexibility index (Phi) is 5.46. The van der Waals surface area contributed by atoms with Crippen molar-refractivity contribution in [1.29, 1.82) is 0 Å². The Morgan fingerprint density at radius 1 is 0.963 bits per heavy atom. The number of nitrogens with zero attached hydrogens (tertiary/aromatic N) is 4. The van der Waals surface area contributed by atoms with E-state index in [2.05, 4.69) is 69.3 Å². The Labute approximate surface area is 162 Å². The maximum Gasteiger partial charge on any atom is 0.134 e. The molecule has 0 radical (unpaired) electrons. The predicted octanol–water partition coefficient (Wildman–Crippen LogP) is 4.10. The first kappa shape index (κ1) is 18.1. The zero-order valence-electron chi connectivity index (χ0n) is 16.6. The molecule has 0 saturated carbocycles. The smallest absolute Gasteiger partial charge is 0.134 e. The summed E-state index contributed by atoms with van der Waals surface area (Å²) >= 11 is 0. The summed E-state index contributed by atoms with van der Waals surface area (Å²) in [5.74, 6) is 2.92. The Morgan fingerprint density at radius 2 is 1.74 bits per heavy atom. The van der Waals surface area contributed by atoms with E-state index in [1.807, 2.05) is 0 Å². The molecule has 0 amide bonds. The number of rotatable bonds is 4. The van der Waals surface area contributed by atoms with Gasteiger partial charge in [-0.1, -0.05) is 19.1 Å². The molecule has 1 unspecified atom stereocenters. The monoisotopic (exact) mass is 365 g/mol. The Hall–Kier alpha value is -2.30. The van der Waals surface area contributed by atoms with Crippen LogP contribution in [0, 0.1) is 12.8 Å². The summed E-state index contributed by atoms with van der Waals surface area (Å²) in [6.45, 7) is 8.78. The highest BCUT2D eigenvalue weighted by molar-refractivity contribution is 5.51. The van der Waals surface area contributed by atoms with Crippen LogP contribution in [0.2, 0.25) is 0 Å². The second-order valence-corrected chi connectivity index (χ2v) is 8.20. The van der Waals surface area contributed by atoms with E-state index in [-0.39, 0.29) is 0 Å². The molecule has 2 aliphatic rings. The van der Waals surface area contributed by atoms with E-state index >= 15 is 0 Å². The van der Waals surface area contributed by atoms with Crippen LogP contribution >= 0.6 is 0 Å². The lowest BCUT2D eigenvalue weighted by molar-refractivity contribution is 0.444. The lowest BCUT2D eigenvalue weighted by Crippen LogP contribution is -2.40. The van der Waals surface area contributed by atoms with Gasteiger partial charge in [0.15, 0.2) is 0 Å². The molecule has 2 aromatic rings. The van der Waals surface area contributed by atoms with Gasteiger partial charge in [-0.05, 0) is 56.2 Å². The van der Waals surface area contributed by atoms with Crippen molar-refractivity contribution in [3.63, 3.8) is 0 Å². The summed E-state index contributed by atoms with van der Waals surface area (Å²) in [6, 6.07) is 11.4. The standard InChI is InChI=1S/C22H31N5/c1-17-5-3-7-20(13-17)25-19-8-11-26(12-9-19)21-14-22(24-16-23-21)27-10-4-6-18(2)15-27/h3,5,7,13-14,16,18-19,25H,4,6,8-12,15H2,1-2H3. The summed E-state index contributed by atoms with van der Waals surface area (Å²) in [5.41, 5.74) is 2.54.